The van der Waals surface area contributed by atoms with Gasteiger partial charge in [0.15, 0.2) is 6.29 Å². The Bertz CT molecular complexity index is 1630. The van der Waals surface area contributed by atoms with Crippen LogP contribution in [0.2, 0.25) is 0 Å². The first-order chi connectivity index (χ1) is 23.4. The Kier molecular flexibility index (Phi) is 13.1. The number of unbranched alkanes of at least 4 members (excludes halogenated alkanes) is 3. The second kappa shape index (κ2) is 17.9. The smallest absolute Gasteiger partial charge is 0.243 e. The van der Waals surface area contributed by atoms with Gasteiger partial charge in [0.1, 0.15) is 0 Å². The number of thioether (sulfide) groups is 1. The molecular formula is C35H42N6O6S. The topological polar surface area (TPSA) is 161 Å². The molecule has 0 bridgehead atoms. The molecule has 254 valence electrons. The van der Waals surface area contributed by atoms with Gasteiger partial charge in [0.05, 0.1) is 18.8 Å². The van der Waals surface area contributed by atoms with Crippen molar-refractivity contribution in [3.63, 3.8) is 0 Å². The zero-order chi connectivity index (χ0) is 33.7. The summed E-state index contributed by atoms with van der Waals surface area (Å²) < 4.78 is 14.7. The fourth-order valence-electron chi connectivity index (χ4n) is 5.53. The lowest BCUT2D eigenvalue weighted by atomic mass is 9.99. The lowest BCUT2D eigenvalue weighted by Gasteiger charge is -2.36. The van der Waals surface area contributed by atoms with Gasteiger partial charge in [-0.3, -0.25) is 14.8 Å². The third-order valence-corrected chi connectivity index (χ3v) is 9.33. The maximum Gasteiger partial charge on any atom is 0.243 e. The maximum absolute atomic E-state index is 12.4. The number of nitrogens with zero attached hydrogens (tertiary/aromatic N) is 4. The van der Waals surface area contributed by atoms with Gasteiger partial charge in [-0.2, -0.15) is 0 Å². The number of aryl methyl sites for hydroxylation is 1. The van der Waals surface area contributed by atoms with Crippen LogP contribution < -0.4 is 10.8 Å². The van der Waals surface area contributed by atoms with E-state index in [1.54, 1.807) is 21.9 Å². The molecule has 0 radical (unpaired) electrons. The first-order valence-corrected chi connectivity index (χ1v) is 17.1. The molecule has 0 aliphatic carbocycles. The monoisotopic (exact) mass is 674 g/mol. The van der Waals surface area contributed by atoms with E-state index in [0.29, 0.717) is 36.7 Å². The molecule has 2 heterocycles. The van der Waals surface area contributed by atoms with E-state index in [1.165, 1.54) is 0 Å². The van der Waals surface area contributed by atoms with E-state index in [0.717, 1.165) is 52.6 Å². The minimum absolute atomic E-state index is 0.00851. The number of hydroxylamine groups is 1. The molecule has 1 fully saturated rings. The normalized spacial score (nSPS) is 17.6. The predicted molar refractivity (Wildman–Crippen MR) is 179 cm³/mol. The Morgan fingerprint density at radius 3 is 2.33 bits per heavy atom. The molecule has 13 heteroatoms. The van der Waals surface area contributed by atoms with Crippen LogP contribution in [0.4, 0.5) is 0 Å². The van der Waals surface area contributed by atoms with Crippen molar-refractivity contribution in [2.45, 2.75) is 81.8 Å². The zero-order valence-corrected chi connectivity index (χ0v) is 27.8. The Hall–Kier alpha value is -4.14. The van der Waals surface area contributed by atoms with Gasteiger partial charge in [0.2, 0.25) is 17.0 Å². The van der Waals surface area contributed by atoms with Crippen LogP contribution in [0.3, 0.4) is 0 Å². The highest BCUT2D eigenvalue weighted by molar-refractivity contribution is 7.99. The number of amides is 2. The SMILES string of the molecule is Cn1nnnc1SC[C@H]1C[C@@H](c2ccc(CO)cc2)O[C@@H](c2cccc(-c3cccc(CNC(=O)CCCCCCC(=O)NO)c3)c2)O1. The minimum atomic E-state index is -0.598. The van der Waals surface area contributed by atoms with E-state index in [2.05, 4.69) is 33.0 Å². The maximum atomic E-state index is 12.4. The highest BCUT2D eigenvalue weighted by Crippen LogP contribution is 2.40. The number of aromatic nitrogens is 4. The van der Waals surface area contributed by atoms with Crippen molar-refractivity contribution in [1.29, 1.82) is 0 Å². The fraction of sp³-hybridized carbons (Fsp3) is 0.400. The molecular weight excluding hydrogens is 632 g/mol. The predicted octanol–water partition coefficient (Wildman–Crippen LogP) is 5.17. The van der Waals surface area contributed by atoms with Crippen molar-refractivity contribution in [3.05, 3.63) is 95.1 Å². The number of hydrogen-bond donors (Lipinski definition) is 4. The summed E-state index contributed by atoms with van der Waals surface area (Å²) in [5, 5.41) is 33.5. The molecule has 0 unspecified atom stereocenters. The zero-order valence-electron chi connectivity index (χ0n) is 27.0. The first kappa shape index (κ1) is 35.2. The quantitative estimate of drug-likeness (QED) is 0.0540. The number of tetrazole rings is 1. The Labute approximate surface area is 284 Å². The molecule has 12 nitrogen and oxygen atoms in total. The van der Waals surface area contributed by atoms with Crippen LogP contribution >= 0.6 is 11.8 Å². The van der Waals surface area contributed by atoms with E-state index < -0.39 is 6.29 Å². The number of nitrogens with one attached hydrogen (secondary N) is 2. The lowest BCUT2D eigenvalue weighted by Crippen LogP contribution is -2.31. The summed E-state index contributed by atoms with van der Waals surface area (Å²) in [5.41, 5.74) is 7.42. The van der Waals surface area contributed by atoms with Gasteiger partial charge < -0.3 is 19.9 Å². The number of rotatable bonds is 16. The van der Waals surface area contributed by atoms with Crippen molar-refractivity contribution in [2.75, 3.05) is 5.75 Å². The molecule has 4 N–H and O–H groups in total. The number of carbonyl (C=O) groups excluding carboxylic acids is 2. The summed E-state index contributed by atoms with van der Waals surface area (Å²) >= 11 is 1.54. The largest absolute Gasteiger partial charge is 0.392 e. The summed E-state index contributed by atoms with van der Waals surface area (Å²) in [7, 11) is 1.81. The van der Waals surface area contributed by atoms with E-state index in [1.807, 2.05) is 67.7 Å². The Balaban J connectivity index is 1.22. The van der Waals surface area contributed by atoms with Crippen LogP contribution in [-0.2, 0) is 39.3 Å². The average Bonchev–Trinajstić information content (AvgIpc) is 3.55. The van der Waals surface area contributed by atoms with Crippen LogP contribution in [0.1, 0.15) is 79.6 Å². The molecule has 4 aromatic rings. The molecule has 2 amide bonds. The Morgan fingerprint density at radius 1 is 0.896 bits per heavy atom. The average molecular weight is 675 g/mol. The summed E-state index contributed by atoms with van der Waals surface area (Å²) in [5.74, 6) is 0.255. The first-order valence-electron chi connectivity index (χ1n) is 16.2. The highest BCUT2D eigenvalue weighted by Gasteiger charge is 2.32. The van der Waals surface area contributed by atoms with Crippen LogP contribution in [-0.4, -0.2) is 54.2 Å². The van der Waals surface area contributed by atoms with Crippen molar-refractivity contribution >= 4 is 23.6 Å². The van der Waals surface area contributed by atoms with Gasteiger partial charge >= 0.3 is 0 Å². The molecule has 5 rings (SSSR count). The summed E-state index contributed by atoms with van der Waals surface area (Å²) in [4.78, 5) is 23.5. The lowest BCUT2D eigenvalue weighted by molar-refractivity contribution is -0.245. The molecule has 1 saturated heterocycles. The second-order valence-electron chi connectivity index (χ2n) is 11.8. The van der Waals surface area contributed by atoms with E-state index in [9.17, 15) is 14.7 Å². The number of aliphatic hydroxyl groups excluding tert-OH is 1. The van der Waals surface area contributed by atoms with Gasteiger partial charge in [-0.15, -0.1) is 5.10 Å². The van der Waals surface area contributed by atoms with E-state index in [4.69, 9.17) is 14.7 Å². The molecule has 0 spiro atoms. The number of carbonyl (C=O) groups is 2. The van der Waals surface area contributed by atoms with Gasteiger partial charge in [-0.25, -0.2) is 10.2 Å². The molecule has 1 aliphatic rings. The third kappa shape index (κ3) is 10.2. The van der Waals surface area contributed by atoms with Crippen LogP contribution in [0.25, 0.3) is 11.1 Å². The molecule has 0 saturated carbocycles. The summed E-state index contributed by atoms with van der Waals surface area (Å²) in [6, 6.07) is 24.1. The van der Waals surface area contributed by atoms with Crippen molar-refractivity contribution in [1.82, 2.24) is 31.0 Å². The molecule has 3 aromatic carbocycles. The summed E-state index contributed by atoms with van der Waals surface area (Å²) in [6.07, 6.45) is 3.54. The van der Waals surface area contributed by atoms with Gasteiger partial charge in [0.25, 0.3) is 0 Å². The number of hydrogen-bond acceptors (Lipinski definition) is 10. The van der Waals surface area contributed by atoms with Gasteiger partial charge in [0, 0.05) is 44.2 Å². The van der Waals surface area contributed by atoms with Crippen molar-refractivity contribution in [2.24, 2.45) is 7.05 Å². The molecule has 48 heavy (non-hydrogen) atoms. The van der Waals surface area contributed by atoms with Crippen molar-refractivity contribution < 1.29 is 29.4 Å². The van der Waals surface area contributed by atoms with Gasteiger partial charge in [-0.1, -0.05) is 85.3 Å². The number of ether oxygens (including phenoxy) is 2. The number of aliphatic hydroxyl groups is 1. The van der Waals surface area contributed by atoms with Crippen LogP contribution in [0, 0.1) is 0 Å². The number of benzene rings is 3. The van der Waals surface area contributed by atoms with E-state index >= 15 is 0 Å². The van der Waals surface area contributed by atoms with Crippen LogP contribution in [0.15, 0.2) is 78.0 Å². The van der Waals surface area contributed by atoms with Crippen LogP contribution in [0.5, 0.6) is 0 Å². The molecule has 1 aromatic heterocycles. The molecule has 1 aliphatic heterocycles. The standard InChI is InChI=1S/C35H42N6O6S/c1-41-35(37-39-40-41)48-23-30-20-31(26-16-14-24(22-42)15-17-26)47-34(46-30)29-11-7-10-28(19-29)27-9-6-8-25(18-27)21-36-32(43)12-4-2-3-5-13-33(44)38-45/h6-11,14-19,30-31,34,42,45H,2-5,12-13,20-23H2,1H3,(H,36,43)(H,38,44)/t30-,31+,34+/m1/s1. The molecule has 3 atom stereocenters. The third-order valence-electron chi connectivity index (χ3n) is 8.19. The fourth-order valence-corrected chi connectivity index (χ4v) is 6.40. The van der Waals surface area contributed by atoms with E-state index in [-0.39, 0.29) is 37.0 Å². The van der Waals surface area contributed by atoms with Crippen molar-refractivity contribution in [3.8, 4) is 11.1 Å². The highest BCUT2D eigenvalue weighted by atomic mass is 32.2. The minimum Gasteiger partial charge on any atom is -0.392 e. The Morgan fingerprint density at radius 2 is 1.62 bits per heavy atom. The summed E-state index contributed by atoms with van der Waals surface area (Å²) in [6.45, 7) is 0.411. The van der Waals surface area contributed by atoms with Gasteiger partial charge in [-0.05, 0) is 63.2 Å². The second-order valence-corrected chi connectivity index (χ2v) is 12.8.